The Kier molecular flexibility index (Phi) is 10.1. The highest BCUT2D eigenvalue weighted by Crippen LogP contribution is 2.20. The van der Waals surface area contributed by atoms with Crippen LogP contribution in [0.15, 0.2) is 60.8 Å². The summed E-state index contributed by atoms with van der Waals surface area (Å²) in [6, 6.07) is 13.5. The smallest absolute Gasteiger partial charge is 0.326 e. The van der Waals surface area contributed by atoms with E-state index in [0.29, 0.717) is 6.42 Å². The number of para-hydroxylation sites is 1. The first-order valence-corrected chi connectivity index (χ1v) is 14.2. The lowest BCUT2D eigenvalue weighted by molar-refractivity contribution is -0.142. The normalized spacial score (nSPS) is 17.1. The Hall–Kier alpha value is -4.18. The number of carbonyl (C=O) groups excluding carboxylic acids is 3. The fourth-order valence-corrected chi connectivity index (χ4v) is 5.21. The van der Waals surface area contributed by atoms with Gasteiger partial charge in [-0.15, -0.1) is 0 Å². The average molecular weight is 562 g/mol. The summed E-state index contributed by atoms with van der Waals surface area (Å²) < 4.78 is 0. The molecule has 41 heavy (non-hydrogen) atoms. The first-order valence-electron chi connectivity index (χ1n) is 14.2. The number of hydrogen-bond acceptors (Lipinski definition) is 5. The second-order valence-corrected chi connectivity index (χ2v) is 11.1. The van der Waals surface area contributed by atoms with Crippen molar-refractivity contribution in [1.82, 2.24) is 26.3 Å². The van der Waals surface area contributed by atoms with E-state index >= 15 is 0 Å². The molecule has 10 heteroatoms. The van der Waals surface area contributed by atoms with Crippen molar-refractivity contribution in [1.29, 1.82) is 0 Å². The molecule has 1 saturated heterocycles. The summed E-state index contributed by atoms with van der Waals surface area (Å²) in [5.74, 6) is -2.48. The number of carboxylic acids is 1. The lowest BCUT2D eigenvalue weighted by Gasteiger charge is -2.26. The second kappa shape index (κ2) is 13.9. The number of aliphatic carboxylic acids is 1. The maximum atomic E-state index is 13.8. The van der Waals surface area contributed by atoms with Gasteiger partial charge in [0.05, 0.1) is 6.04 Å². The van der Waals surface area contributed by atoms with Crippen LogP contribution < -0.4 is 21.3 Å². The maximum absolute atomic E-state index is 13.8. The molecule has 1 fully saturated rings. The summed E-state index contributed by atoms with van der Waals surface area (Å²) in [6.07, 6.45) is 3.96. The molecule has 4 atom stereocenters. The summed E-state index contributed by atoms with van der Waals surface area (Å²) in [5, 5.41) is 22.1. The van der Waals surface area contributed by atoms with Crippen molar-refractivity contribution in [3.8, 4) is 0 Å². The summed E-state index contributed by atoms with van der Waals surface area (Å²) in [5.41, 5.74) is 2.54. The zero-order valence-electron chi connectivity index (χ0n) is 23.5. The number of carbonyl (C=O) groups is 4. The SMILES string of the molecule is CC(C)CC(NC(=O)C(Cc1c[nH]c2ccccc12)NC(=O)C(Cc1ccccc1)NC(=O)C1CCCN1)C(=O)O. The Morgan fingerprint density at radius 1 is 0.878 bits per heavy atom. The van der Waals surface area contributed by atoms with Crippen molar-refractivity contribution >= 4 is 34.6 Å². The van der Waals surface area contributed by atoms with Crippen LogP contribution in [0.5, 0.6) is 0 Å². The summed E-state index contributed by atoms with van der Waals surface area (Å²) in [6.45, 7) is 4.49. The second-order valence-electron chi connectivity index (χ2n) is 11.1. The molecule has 6 N–H and O–H groups in total. The lowest BCUT2D eigenvalue weighted by atomic mass is 10.00. The number of aromatic nitrogens is 1. The number of aromatic amines is 1. The van der Waals surface area contributed by atoms with Crippen molar-refractivity contribution in [2.45, 2.75) is 70.1 Å². The number of fused-ring (bicyclic) bond motifs is 1. The molecule has 1 aromatic heterocycles. The number of benzene rings is 2. The van der Waals surface area contributed by atoms with Crippen molar-refractivity contribution in [3.63, 3.8) is 0 Å². The van der Waals surface area contributed by atoms with Gasteiger partial charge >= 0.3 is 5.97 Å². The van der Waals surface area contributed by atoms with Crippen molar-refractivity contribution in [2.24, 2.45) is 5.92 Å². The molecule has 4 rings (SSSR count). The fourth-order valence-electron chi connectivity index (χ4n) is 5.21. The van der Waals surface area contributed by atoms with Crippen LogP contribution in [0.4, 0.5) is 0 Å². The van der Waals surface area contributed by atoms with Gasteiger partial charge in [-0.25, -0.2) is 4.79 Å². The molecular weight excluding hydrogens is 522 g/mol. The van der Waals surface area contributed by atoms with Crippen LogP contribution in [0.25, 0.3) is 10.9 Å². The van der Waals surface area contributed by atoms with E-state index < -0.39 is 35.9 Å². The predicted octanol–water partition coefficient (Wildman–Crippen LogP) is 2.29. The van der Waals surface area contributed by atoms with Gasteiger partial charge in [0.1, 0.15) is 18.1 Å². The van der Waals surface area contributed by atoms with Gasteiger partial charge in [-0.2, -0.15) is 0 Å². The molecule has 2 aromatic carbocycles. The lowest BCUT2D eigenvalue weighted by Crippen LogP contribution is -2.58. The first-order chi connectivity index (χ1) is 19.7. The van der Waals surface area contributed by atoms with E-state index in [1.807, 2.05) is 68.4 Å². The number of hydrogen-bond donors (Lipinski definition) is 6. The number of H-pyrrole nitrogens is 1. The zero-order chi connectivity index (χ0) is 29.4. The summed E-state index contributed by atoms with van der Waals surface area (Å²) in [4.78, 5) is 55.4. The van der Waals surface area contributed by atoms with E-state index in [1.165, 1.54) is 0 Å². The average Bonchev–Trinajstić information content (AvgIpc) is 3.63. The molecule has 3 aromatic rings. The van der Waals surface area contributed by atoms with E-state index in [-0.39, 0.29) is 37.1 Å². The molecule has 1 aliphatic heterocycles. The van der Waals surface area contributed by atoms with E-state index in [9.17, 15) is 24.3 Å². The van der Waals surface area contributed by atoms with Crippen molar-refractivity contribution < 1.29 is 24.3 Å². The minimum Gasteiger partial charge on any atom is -0.480 e. The monoisotopic (exact) mass is 561 g/mol. The first kappa shape index (κ1) is 29.8. The molecule has 1 aliphatic rings. The minimum absolute atomic E-state index is 0.0349. The van der Waals surface area contributed by atoms with Crippen LogP contribution in [0, 0.1) is 5.92 Å². The van der Waals surface area contributed by atoms with Gasteiger partial charge in [0.15, 0.2) is 0 Å². The molecule has 0 aliphatic carbocycles. The Labute approximate surface area is 239 Å². The Bertz CT molecular complexity index is 1350. The Morgan fingerprint density at radius 2 is 1.54 bits per heavy atom. The number of rotatable bonds is 13. The van der Waals surface area contributed by atoms with Crippen LogP contribution in [0.2, 0.25) is 0 Å². The van der Waals surface area contributed by atoms with Crippen LogP contribution in [-0.2, 0) is 32.0 Å². The highest BCUT2D eigenvalue weighted by Gasteiger charge is 2.32. The van der Waals surface area contributed by atoms with E-state index in [4.69, 9.17) is 0 Å². The molecule has 4 unspecified atom stereocenters. The third-order valence-electron chi connectivity index (χ3n) is 7.35. The van der Waals surface area contributed by atoms with Gasteiger partial charge in [0, 0.05) is 29.9 Å². The van der Waals surface area contributed by atoms with Crippen molar-refractivity contribution in [2.75, 3.05) is 6.54 Å². The quantitative estimate of drug-likeness (QED) is 0.188. The largest absolute Gasteiger partial charge is 0.480 e. The standard InChI is InChI=1S/C31H39N5O5/c1-19(2)15-27(31(40)41)36-30(39)26(17-21-18-33-23-12-7-6-11-22(21)23)35-29(38)25(16-20-9-4-3-5-10-20)34-28(37)24-13-8-14-32-24/h3-7,9-12,18-19,24-27,32-33H,8,13-17H2,1-2H3,(H,34,37)(H,35,38)(H,36,39)(H,40,41). The number of nitrogens with one attached hydrogen (secondary N) is 5. The Morgan fingerprint density at radius 3 is 2.20 bits per heavy atom. The predicted molar refractivity (Wildman–Crippen MR) is 156 cm³/mol. The number of amides is 3. The van der Waals surface area contributed by atoms with Gasteiger partial charge in [0.25, 0.3) is 0 Å². The molecule has 2 heterocycles. The topological polar surface area (TPSA) is 152 Å². The highest BCUT2D eigenvalue weighted by molar-refractivity contribution is 5.95. The third-order valence-corrected chi connectivity index (χ3v) is 7.35. The van der Waals surface area contributed by atoms with Crippen LogP contribution >= 0.6 is 0 Å². The third kappa shape index (κ3) is 8.17. The van der Waals surface area contributed by atoms with Crippen LogP contribution in [0.1, 0.15) is 44.2 Å². The zero-order valence-corrected chi connectivity index (χ0v) is 23.5. The maximum Gasteiger partial charge on any atom is 0.326 e. The molecule has 218 valence electrons. The van der Waals surface area contributed by atoms with Gasteiger partial charge in [-0.3, -0.25) is 14.4 Å². The Balaban J connectivity index is 1.58. The van der Waals surface area contributed by atoms with Gasteiger partial charge in [0.2, 0.25) is 17.7 Å². The van der Waals surface area contributed by atoms with E-state index in [1.54, 1.807) is 6.20 Å². The molecule has 0 saturated carbocycles. The molecule has 10 nitrogen and oxygen atoms in total. The van der Waals surface area contributed by atoms with Gasteiger partial charge in [-0.1, -0.05) is 62.4 Å². The summed E-state index contributed by atoms with van der Waals surface area (Å²) >= 11 is 0. The van der Waals surface area contributed by atoms with Crippen molar-refractivity contribution in [3.05, 3.63) is 71.9 Å². The van der Waals surface area contributed by atoms with E-state index in [2.05, 4.69) is 26.3 Å². The number of carboxylic acid groups (broad SMARTS) is 1. The molecular formula is C31H39N5O5. The molecule has 0 spiro atoms. The van der Waals surface area contributed by atoms with Crippen LogP contribution in [0.3, 0.4) is 0 Å². The van der Waals surface area contributed by atoms with Gasteiger partial charge < -0.3 is 31.4 Å². The molecule has 0 bridgehead atoms. The minimum atomic E-state index is -1.14. The fraction of sp³-hybridized carbons (Fsp3) is 0.419. The highest BCUT2D eigenvalue weighted by atomic mass is 16.4. The van der Waals surface area contributed by atoms with Crippen LogP contribution in [-0.4, -0.2) is 64.5 Å². The summed E-state index contributed by atoms with van der Waals surface area (Å²) in [7, 11) is 0. The molecule has 3 amide bonds. The van der Waals surface area contributed by atoms with Gasteiger partial charge in [-0.05, 0) is 48.9 Å². The molecule has 0 radical (unpaired) electrons. The van der Waals surface area contributed by atoms with E-state index in [0.717, 1.165) is 35.0 Å².